The maximum absolute atomic E-state index is 11.6. The number of nitrogens with one attached hydrogen (secondary N) is 1. The molecule has 2 heterocycles. The van der Waals surface area contributed by atoms with Crippen LogP contribution in [-0.2, 0) is 0 Å². The summed E-state index contributed by atoms with van der Waals surface area (Å²) in [6.45, 7) is 1.86. The number of benzene rings is 1. The SMILES string of the molecule is Cc1nnc(-c2ccc3c(c2)OCNC(=O)N3C)o1. The highest BCUT2D eigenvalue weighted by Gasteiger charge is 2.20. The van der Waals surface area contributed by atoms with Crippen LogP contribution >= 0.6 is 0 Å². The number of hydrogen-bond acceptors (Lipinski definition) is 5. The Labute approximate surface area is 109 Å². The number of carbonyl (C=O) groups is 1. The Kier molecular flexibility index (Phi) is 2.59. The van der Waals surface area contributed by atoms with Gasteiger partial charge < -0.3 is 14.5 Å². The van der Waals surface area contributed by atoms with Gasteiger partial charge in [-0.05, 0) is 18.2 Å². The fourth-order valence-corrected chi connectivity index (χ4v) is 1.86. The molecule has 0 spiro atoms. The van der Waals surface area contributed by atoms with Crippen LogP contribution < -0.4 is 15.0 Å². The number of aromatic nitrogens is 2. The highest BCUT2D eigenvalue weighted by molar-refractivity contribution is 5.94. The number of nitrogens with zero attached hydrogens (tertiary/aromatic N) is 3. The van der Waals surface area contributed by atoms with Gasteiger partial charge in [-0.1, -0.05) is 0 Å². The van der Waals surface area contributed by atoms with Crippen molar-refractivity contribution in [2.75, 3.05) is 18.7 Å². The zero-order valence-electron chi connectivity index (χ0n) is 10.5. The molecule has 1 aromatic heterocycles. The molecule has 0 fully saturated rings. The van der Waals surface area contributed by atoms with Crippen LogP contribution in [0.15, 0.2) is 22.6 Å². The highest BCUT2D eigenvalue weighted by atomic mass is 16.5. The number of amides is 2. The van der Waals surface area contributed by atoms with Crippen molar-refractivity contribution < 1.29 is 13.9 Å². The normalized spacial score (nSPS) is 14.4. The van der Waals surface area contributed by atoms with Gasteiger partial charge in [0.05, 0.1) is 5.69 Å². The minimum atomic E-state index is -0.208. The van der Waals surface area contributed by atoms with Crippen LogP contribution in [0.25, 0.3) is 11.5 Å². The lowest BCUT2D eigenvalue weighted by Gasteiger charge is -2.15. The van der Waals surface area contributed by atoms with Crippen LogP contribution in [-0.4, -0.2) is 30.0 Å². The van der Waals surface area contributed by atoms with Crippen LogP contribution in [0.4, 0.5) is 10.5 Å². The average molecular weight is 260 g/mol. The third kappa shape index (κ3) is 1.99. The topological polar surface area (TPSA) is 80.5 Å². The van der Waals surface area contributed by atoms with Crippen molar-refractivity contribution in [3.63, 3.8) is 0 Å². The number of ether oxygens (including phenoxy) is 1. The zero-order chi connectivity index (χ0) is 13.4. The summed E-state index contributed by atoms with van der Waals surface area (Å²) in [7, 11) is 1.68. The standard InChI is InChI=1S/C12H12N4O3/c1-7-14-15-11(19-7)8-3-4-9-10(5-8)18-6-13-12(17)16(9)2/h3-5H,6H2,1-2H3,(H,13,17). The van der Waals surface area contributed by atoms with Crippen molar-refractivity contribution >= 4 is 11.7 Å². The first-order valence-corrected chi connectivity index (χ1v) is 5.74. The fourth-order valence-electron chi connectivity index (χ4n) is 1.86. The van der Waals surface area contributed by atoms with Crippen molar-refractivity contribution in [2.24, 2.45) is 0 Å². The Morgan fingerprint density at radius 3 is 2.95 bits per heavy atom. The van der Waals surface area contributed by atoms with E-state index in [2.05, 4.69) is 15.5 Å². The smallest absolute Gasteiger partial charge is 0.324 e. The average Bonchev–Trinajstić information content (AvgIpc) is 2.78. The Bertz CT molecular complexity index is 638. The second-order valence-corrected chi connectivity index (χ2v) is 4.14. The Morgan fingerprint density at radius 2 is 2.21 bits per heavy atom. The van der Waals surface area contributed by atoms with E-state index in [0.29, 0.717) is 23.2 Å². The summed E-state index contributed by atoms with van der Waals surface area (Å²) in [6, 6.07) is 5.17. The molecule has 3 rings (SSSR count). The van der Waals surface area contributed by atoms with Gasteiger partial charge in [-0.3, -0.25) is 4.90 Å². The maximum atomic E-state index is 11.6. The zero-order valence-corrected chi connectivity index (χ0v) is 10.5. The molecule has 0 radical (unpaired) electrons. The first-order chi connectivity index (χ1) is 9.15. The third-order valence-corrected chi connectivity index (χ3v) is 2.85. The summed E-state index contributed by atoms with van der Waals surface area (Å²) >= 11 is 0. The fraction of sp³-hybridized carbons (Fsp3) is 0.250. The summed E-state index contributed by atoms with van der Waals surface area (Å²) in [6.07, 6.45) is 0. The molecule has 0 aliphatic carbocycles. The predicted molar refractivity (Wildman–Crippen MR) is 66.9 cm³/mol. The maximum Gasteiger partial charge on any atom is 0.324 e. The monoisotopic (exact) mass is 260 g/mol. The summed E-state index contributed by atoms with van der Waals surface area (Å²) in [5, 5.41) is 10.4. The van der Waals surface area contributed by atoms with E-state index >= 15 is 0 Å². The second-order valence-electron chi connectivity index (χ2n) is 4.14. The summed E-state index contributed by atoms with van der Waals surface area (Å²) in [5.74, 6) is 1.52. The van der Waals surface area contributed by atoms with Crippen LogP contribution in [0.5, 0.6) is 5.75 Å². The molecule has 98 valence electrons. The van der Waals surface area contributed by atoms with Gasteiger partial charge in [0.1, 0.15) is 5.75 Å². The van der Waals surface area contributed by atoms with Crippen molar-refractivity contribution in [3.05, 3.63) is 24.1 Å². The van der Waals surface area contributed by atoms with Gasteiger partial charge in [-0.25, -0.2) is 4.79 Å². The van der Waals surface area contributed by atoms with Gasteiger partial charge >= 0.3 is 6.03 Å². The second kappa shape index (κ2) is 4.27. The molecule has 7 nitrogen and oxygen atoms in total. The highest BCUT2D eigenvalue weighted by Crippen LogP contribution is 2.33. The van der Waals surface area contributed by atoms with Gasteiger partial charge in [-0.2, -0.15) is 0 Å². The molecule has 1 aliphatic heterocycles. The molecule has 0 atom stereocenters. The van der Waals surface area contributed by atoms with E-state index in [1.54, 1.807) is 26.1 Å². The molecule has 19 heavy (non-hydrogen) atoms. The van der Waals surface area contributed by atoms with Crippen molar-refractivity contribution in [1.29, 1.82) is 0 Å². The number of aryl methyl sites for hydroxylation is 1. The molecular weight excluding hydrogens is 248 g/mol. The van der Waals surface area contributed by atoms with Crippen molar-refractivity contribution in [2.45, 2.75) is 6.92 Å². The Balaban J connectivity index is 2.04. The molecular formula is C12H12N4O3. The predicted octanol–water partition coefficient (Wildman–Crippen LogP) is 1.54. The number of hydrogen-bond donors (Lipinski definition) is 1. The number of carbonyl (C=O) groups excluding carboxylic acids is 1. The number of fused-ring (bicyclic) bond motifs is 1. The van der Waals surface area contributed by atoms with Crippen LogP contribution in [0.3, 0.4) is 0 Å². The van der Waals surface area contributed by atoms with E-state index in [1.165, 1.54) is 4.90 Å². The molecule has 0 saturated carbocycles. The lowest BCUT2D eigenvalue weighted by molar-refractivity contribution is 0.235. The van der Waals surface area contributed by atoms with Gasteiger partial charge in [0.25, 0.3) is 0 Å². The minimum absolute atomic E-state index is 0.127. The molecule has 2 aromatic rings. The molecule has 2 amide bonds. The molecule has 0 bridgehead atoms. The van der Waals surface area contributed by atoms with Crippen molar-refractivity contribution in [3.8, 4) is 17.2 Å². The number of anilines is 1. The molecule has 1 aliphatic rings. The van der Waals surface area contributed by atoms with E-state index in [-0.39, 0.29) is 12.8 Å². The summed E-state index contributed by atoms with van der Waals surface area (Å²) < 4.78 is 10.9. The number of urea groups is 1. The lowest BCUT2D eigenvalue weighted by Crippen LogP contribution is -2.36. The summed E-state index contributed by atoms with van der Waals surface area (Å²) in [4.78, 5) is 13.1. The van der Waals surface area contributed by atoms with Gasteiger partial charge in [-0.15, -0.1) is 10.2 Å². The summed E-state index contributed by atoms with van der Waals surface area (Å²) in [5.41, 5.74) is 1.44. The van der Waals surface area contributed by atoms with Gasteiger partial charge in [0.2, 0.25) is 11.8 Å². The third-order valence-electron chi connectivity index (χ3n) is 2.85. The minimum Gasteiger partial charge on any atom is -0.471 e. The van der Waals surface area contributed by atoms with E-state index in [0.717, 1.165) is 5.56 Å². The molecule has 1 N–H and O–H groups in total. The number of rotatable bonds is 1. The first-order valence-electron chi connectivity index (χ1n) is 5.74. The van der Waals surface area contributed by atoms with Gasteiger partial charge in [0, 0.05) is 19.5 Å². The van der Waals surface area contributed by atoms with E-state index < -0.39 is 0 Å². The van der Waals surface area contributed by atoms with Crippen molar-refractivity contribution in [1.82, 2.24) is 15.5 Å². The van der Waals surface area contributed by atoms with E-state index in [9.17, 15) is 4.79 Å². The van der Waals surface area contributed by atoms with Crippen LogP contribution in [0.1, 0.15) is 5.89 Å². The largest absolute Gasteiger partial charge is 0.471 e. The van der Waals surface area contributed by atoms with Crippen LogP contribution in [0.2, 0.25) is 0 Å². The Morgan fingerprint density at radius 1 is 1.37 bits per heavy atom. The Hall–Kier alpha value is -2.57. The van der Waals surface area contributed by atoms with E-state index in [1.807, 2.05) is 6.07 Å². The van der Waals surface area contributed by atoms with Gasteiger partial charge in [0.15, 0.2) is 6.73 Å². The molecule has 7 heteroatoms. The molecule has 0 unspecified atom stereocenters. The van der Waals surface area contributed by atoms with Crippen LogP contribution in [0, 0.1) is 6.92 Å². The quantitative estimate of drug-likeness (QED) is 0.841. The van der Waals surface area contributed by atoms with E-state index in [4.69, 9.17) is 9.15 Å². The lowest BCUT2D eigenvalue weighted by atomic mass is 10.2. The first kappa shape index (κ1) is 11.5. The molecule has 1 aromatic carbocycles. The molecule has 0 saturated heterocycles.